The maximum atomic E-state index is 11.7. The van der Waals surface area contributed by atoms with E-state index < -0.39 is 0 Å². The second-order valence-corrected chi connectivity index (χ2v) is 6.39. The molecule has 1 aromatic heterocycles. The number of rotatable bonds is 6. The Balaban J connectivity index is 1.77. The van der Waals surface area contributed by atoms with Gasteiger partial charge in [-0.1, -0.05) is 35.2 Å². The Hall–Kier alpha value is -2.13. The Kier molecular flexibility index (Phi) is 5.73. The summed E-state index contributed by atoms with van der Waals surface area (Å²) in [7, 11) is 1.33. The molecular weight excluding hydrogens is 324 g/mol. The van der Waals surface area contributed by atoms with Crippen LogP contribution in [0.3, 0.4) is 0 Å². The fourth-order valence-electron chi connectivity index (χ4n) is 1.53. The Morgan fingerprint density at radius 2 is 2.05 bits per heavy atom. The van der Waals surface area contributed by atoms with Crippen molar-refractivity contribution in [3.63, 3.8) is 0 Å². The minimum Gasteiger partial charge on any atom is -0.465 e. The summed E-state index contributed by atoms with van der Waals surface area (Å²) in [5.41, 5.74) is 6.83. The number of hydrogen-bond acceptors (Lipinski definition) is 8. The summed E-state index contributed by atoms with van der Waals surface area (Å²) >= 11 is 2.53. The molecule has 3 N–H and O–H groups in total. The van der Waals surface area contributed by atoms with Crippen LogP contribution in [-0.2, 0) is 16.1 Å². The SMILES string of the molecule is COC(=O)c1ccc(CNC(=O)CSc2nnc(N)s2)cc1. The van der Waals surface area contributed by atoms with E-state index >= 15 is 0 Å². The van der Waals surface area contributed by atoms with Gasteiger partial charge in [0.05, 0.1) is 18.4 Å². The average Bonchev–Trinajstić information content (AvgIpc) is 2.96. The highest BCUT2D eigenvalue weighted by molar-refractivity contribution is 8.01. The zero-order chi connectivity index (χ0) is 15.9. The van der Waals surface area contributed by atoms with Crippen LogP contribution in [0.2, 0.25) is 0 Å². The highest BCUT2D eigenvalue weighted by Crippen LogP contribution is 2.22. The molecule has 2 rings (SSSR count). The zero-order valence-electron chi connectivity index (χ0n) is 11.7. The number of ether oxygens (including phenoxy) is 1. The van der Waals surface area contributed by atoms with Gasteiger partial charge < -0.3 is 15.8 Å². The largest absolute Gasteiger partial charge is 0.465 e. The van der Waals surface area contributed by atoms with Crippen molar-refractivity contribution in [1.29, 1.82) is 0 Å². The highest BCUT2D eigenvalue weighted by atomic mass is 32.2. The number of nitrogens with one attached hydrogen (secondary N) is 1. The number of esters is 1. The molecular formula is C13H14N4O3S2. The Labute approximate surface area is 135 Å². The maximum Gasteiger partial charge on any atom is 0.337 e. The quantitative estimate of drug-likeness (QED) is 0.604. The van der Waals surface area contributed by atoms with E-state index in [1.54, 1.807) is 24.3 Å². The molecule has 0 aliphatic rings. The van der Waals surface area contributed by atoms with Crippen LogP contribution >= 0.6 is 23.1 Å². The monoisotopic (exact) mass is 338 g/mol. The molecule has 22 heavy (non-hydrogen) atoms. The summed E-state index contributed by atoms with van der Waals surface area (Å²) < 4.78 is 5.28. The molecule has 0 radical (unpaired) electrons. The maximum absolute atomic E-state index is 11.7. The number of anilines is 1. The fourth-order valence-corrected chi connectivity index (χ4v) is 3.00. The zero-order valence-corrected chi connectivity index (χ0v) is 13.4. The second kappa shape index (κ2) is 7.76. The van der Waals surface area contributed by atoms with Gasteiger partial charge in [-0.05, 0) is 17.7 Å². The predicted molar refractivity (Wildman–Crippen MR) is 84.7 cm³/mol. The van der Waals surface area contributed by atoms with Crippen LogP contribution in [-0.4, -0.2) is 34.9 Å². The van der Waals surface area contributed by atoms with Gasteiger partial charge in [0.1, 0.15) is 0 Å². The van der Waals surface area contributed by atoms with Crippen molar-refractivity contribution >= 4 is 40.1 Å². The third-order valence-corrected chi connectivity index (χ3v) is 4.50. The van der Waals surface area contributed by atoms with Gasteiger partial charge in [-0.15, -0.1) is 10.2 Å². The molecule has 1 heterocycles. The summed E-state index contributed by atoms with van der Waals surface area (Å²) in [5, 5.41) is 10.7. The van der Waals surface area contributed by atoms with Gasteiger partial charge in [0.15, 0.2) is 4.34 Å². The molecule has 116 valence electrons. The lowest BCUT2D eigenvalue weighted by Gasteiger charge is -2.05. The van der Waals surface area contributed by atoms with E-state index in [1.165, 1.54) is 30.2 Å². The minimum absolute atomic E-state index is 0.115. The van der Waals surface area contributed by atoms with E-state index in [4.69, 9.17) is 5.73 Å². The van der Waals surface area contributed by atoms with Crippen LogP contribution in [0.15, 0.2) is 28.6 Å². The van der Waals surface area contributed by atoms with Crippen molar-refractivity contribution in [2.75, 3.05) is 18.6 Å². The lowest BCUT2D eigenvalue weighted by atomic mass is 10.1. The normalized spacial score (nSPS) is 10.2. The molecule has 0 unspecified atom stereocenters. The number of aromatic nitrogens is 2. The number of carbonyl (C=O) groups excluding carboxylic acids is 2. The Morgan fingerprint density at radius 3 is 2.64 bits per heavy atom. The van der Waals surface area contributed by atoms with Crippen LogP contribution < -0.4 is 11.1 Å². The molecule has 2 aromatic rings. The molecule has 9 heteroatoms. The van der Waals surface area contributed by atoms with Gasteiger partial charge in [-0.3, -0.25) is 4.79 Å². The summed E-state index contributed by atoms with van der Waals surface area (Å²) in [4.78, 5) is 23.0. The van der Waals surface area contributed by atoms with E-state index in [9.17, 15) is 9.59 Å². The lowest BCUT2D eigenvalue weighted by Crippen LogP contribution is -2.24. The summed E-state index contributed by atoms with van der Waals surface area (Å²) in [6, 6.07) is 6.86. The first-order chi connectivity index (χ1) is 10.6. The number of methoxy groups -OCH3 is 1. The van der Waals surface area contributed by atoms with Crippen molar-refractivity contribution in [2.45, 2.75) is 10.9 Å². The van der Waals surface area contributed by atoms with Crippen LogP contribution in [0.5, 0.6) is 0 Å². The van der Waals surface area contributed by atoms with Gasteiger partial charge in [0.2, 0.25) is 11.0 Å². The molecule has 1 amide bonds. The number of amides is 1. The number of nitrogens with two attached hydrogens (primary N) is 1. The number of nitrogen functional groups attached to an aromatic ring is 1. The molecule has 0 saturated heterocycles. The second-order valence-electron chi connectivity index (χ2n) is 4.16. The molecule has 0 bridgehead atoms. The number of carbonyl (C=O) groups is 2. The number of benzene rings is 1. The van der Waals surface area contributed by atoms with Crippen molar-refractivity contribution in [3.05, 3.63) is 35.4 Å². The van der Waals surface area contributed by atoms with Crippen molar-refractivity contribution in [1.82, 2.24) is 15.5 Å². The Bertz CT molecular complexity index is 658. The molecule has 1 aromatic carbocycles. The molecule has 0 aliphatic carbocycles. The minimum atomic E-state index is -0.386. The summed E-state index contributed by atoms with van der Waals surface area (Å²) in [5.74, 6) is -0.256. The smallest absolute Gasteiger partial charge is 0.337 e. The van der Waals surface area contributed by atoms with Crippen LogP contribution in [0.25, 0.3) is 0 Å². The molecule has 0 spiro atoms. The van der Waals surface area contributed by atoms with E-state index in [1.807, 2.05) is 0 Å². The van der Waals surface area contributed by atoms with Gasteiger partial charge >= 0.3 is 5.97 Å². The summed E-state index contributed by atoms with van der Waals surface area (Å²) in [6.07, 6.45) is 0. The third kappa shape index (κ3) is 4.71. The molecule has 0 fully saturated rings. The first-order valence-electron chi connectivity index (χ1n) is 6.24. The highest BCUT2D eigenvalue weighted by Gasteiger charge is 2.08. The van der Waals surface area contributed by atoms with Gasteiger partial charge in [0.25, 0.3) is 0 Å². The first kappa shape index (κ1) is 16.2. The molecule has 7 nitrogen and oxygen atoms in total. The van der Waals surface area contributed by atoms with E-state index in [0.29, 0.717) is 21.6 Å². The topological polar surface area (TPSA) is 107 Å². The van der Waals surface area contributed by atoms with E-state index in [0.717, 1.165) is 5.56 Å². The number of nitrogens with zero attached hydrogens (tertiary/aromatic N) is 2. The van der Waals surface area contributed by atoms with Crippen molar-refractivity contribution in [3.8, 4) is 0 Å². The molecule has 0 atom stereocenters. The molecule has 0 saturated carbocycles. The van der Waals surface area contributed by atoms with Crippen LogP contribution in [0.4, 0.5) is 5.13 Å². The number of thioether (sulfide) groups is 1. The number of hydrogen-bond donors (Lipinski definition) is 2. The lowest BCUT2D eigenvalue weighted by molar-refractivity contribution is -0.118. The van der Waals surface area contributed by atoms with Crippen molar-refractivity contribution in [2.24, 2.45) is 0 Å². The standard InChI is InChI=1S/C13H14N4O3S2/c1-20-11(19)9-4-2-8(3-5-9)6-15-10(18)7-21-13-17-16-12(14)22-13/h2-5H,6-7H2,1H3,(H2,14,16)(H,15,18). The first-order valence-corrected chi connectivity index (χ1v) is 8.04. The van der Waals surface area contributed by atoms with Gasteiger partial charge in [-0.2, -0.15) is 0 Å². The van der Waals surface area contributed by atoms with E-state index in [2.05, 4.69) is 20.3 Å². The average molecular weight is 338 g/mol. The van der Waals surface area contributed by atoms with Crippen LogP contribution in [0.1, 0.15) is 15.9 Å². The molecule has 0 aliphatic heterocycles. The van der Waals surface area contributed by atoms with Crippen molar-refractivity contribution < 1.29 is 14.3 Å². The van der Waals surface area contributed by atoms with Crippen LogP contribution in [0, 0.1) is 0 Å². The van der Waals surface area contributed by atoms with Gasteiger partial charge in [-0.25, -0.2) is 4.79 Å². The van der Waals surface area contributed by atoms with Gasteiger partial charge in [0, 0.05) is 6.54 Å². The summed E-state index contributed by atoms with van der Waals surface area (Å²) in [6.45, 7) is 0.388. The Morgan fingerprint density at radius 1 is 1.32 bits per heavy atom. The predicted octanol–water partition coefficient (Wildman–Crippen LogP) is 1.32. The van der Waals surface area contributed by atoms with E-state index in [-0.39, 0.29) is 17.6 Å². The third-order valence-electron chi connectivity index (χ3n) is 2.61. The fraction of sp³-hybridized carbons (Fsp3) is 0.231.